The molecule has 0 bridgehead atoms. The molecular weight excluding hydrogens is 272 g/mol. The molecule has 5 nitrogen and oxygen atoms in total. The highest BCUT2D eigenvalue weighted by atomic mass is 32.1. The van der Waals surface area contributed by atoms with Crippen molar-refractivity contribution in [1.29, 1.82) is 0 Å². The van der Waals surface area contributed by atoms with Crippen molar-refractivity contribution in [1.82, 2.24) is 9.88 Å². The molecule has 0 unspecified atom stereocenters. The zero-order chi connectivity index (χ0) is 15.1. The first-order chi connectivity index (χ1) is 9.54. The number of carbonyl (C=O) groups excluding carboxylic acids is 1. The molecule has 0 aliphatic heterocycles. The lowest BCUT2D eigenvalue weighted by Crippen LogP contribution is -2.27. The molecule has 1 aromatic rings. The molecule has 1 heterocycles. The second-order valence-electron chi connectivity index (χ2n) is 4.82. The molecule has 2 N–H and O–H groups in total. The number of nitrogen functional groups attached to an aromatic ring is 1. The number of carbonyl (C=O) groups is 1. The minimum Gasteiger partial charge on any atom is -0.382 e. The van der Waals surface area contributed by atoms with Crippen LogP contribution < -0.4 is 10.6 Å². The average Bonchev–Trinajstić information content (AvgIpc) is 2.81. The molecule has 1 rings (SSSR count). The Hall–Kier alpha value is -1.30. The van der Waals surface area contributed by atoms with E-state index in [1.165, 1.54) is 11.3 Å². The van der Waals surface area contributed by atoms with Gasteiger partial charge in [0.15, 0.2) is 5.13 Å². The number of nitrogens with two attached hydrogens (primary N) is 1. The van der Waals surface area contributed by atoms with E-state index >= 15 is 0 Å². The zero-order valence-corrected chi connectivity index (χ0v) is 13.8. The van der Waals surface area contributed by atoms with Crippen LogP contribution in [0.5, 0.6) is 0 Å². The Morgan fingerprint density at radius 2 is 1.90 bits per heavy atom. The molecule has 1 aromatic heterocycles. The lowest BCUT2D eigenvalue weighted by Gasteiger charge is -2.17. The van der Waals surface area contributed by atoms with Gasteiger partial charge in [0.05, 0.1) is 0 Å². The summed E-state index contributed by atoms with van der Waals surface area (Å²) in [4.78, 5) is 21.1. The summed E-state index contributed by atoms with van der Waals surface area (Å²) in [5.74, 6) is 0.332. The predicted molar refractivity (Wildman–Crippen MR) is 86.6 cm³/mol. The van der Waals surface area contributed by atoms with Crippen molar-refractivity contribution in [3.63, 3.8) is 0 Å². The summed E-state index contributed by atoms with van der Waals surface area (Å²) in [6.45, 7) is 8.79. The maximum absolute atomic E-state index is 12.4. The normalized spacial score (nSPS) is 10.6. The Kier molecular flexibility index (Phi) is 6.78. The van der Waals surface area contributed by atoms with Gasteiger partial charge in [-0.3, -0.25) is 4.79 Å². The molecule has 6 heteroatoms. The zero-order valence-electron chi connectivity index (χ0n) is 13.0. The van der Waals surface area contributed by atoms with Gasteiger partial charge in [0.2, 0.25) is 0 Å². The van der Waals surface area contributed by atoms with Crippen LogP contribution in [0.15, 0.2) is 0 Å². The Bertz CT molecular complexity index is 429. The van der Waals surface area contributed by atoms with Crippen LogP contribution in [0.3, 0.4) is 0 Å². The standard InChI is InChI=1S/C14H26N4OS/c1-5-8-9-10-17(4)13(19)11-12(15)16-14(20-11)18(6-2)7-3/h5-10,15H2,1-4H3. The van der Waals surface area contributed by atoms with Crippen LogP contribution in [-0.4, -0.2) is 42.5 Å². The van der Waals surface area contributed by atoms with Gasteiger partial charge in [-0.1, -0.05) is 31.1 Å². The highest BCUT2D eigenvalue weighted by molar-refractivity contribution is 7.18. The molecule has 0 aliphatic carbocycles. The summed E-state index contributed by atoms with van der Waals surface area (Å²) in [6.07, 6.45) is 3.32. The molecule has 0 saturated heterocycles. The molecular formula is C14H26N4OS. The van der Waals surface area contributed by atoms with Crippen LogP contribution in [0, 0.1) is 0 Å². The van der Waals surface area contributed by atoms with Crippen LogP contribution in [0.25, 0.3) is 0 Å². The van der Waals surface area contributed by atoms with Gasteiger partial charge >= 0.3 is 0 Å². The minimum atomic E-state index is -0.0190. The Balaban J connectivity index is 2.77. The third kappa shape index (κ3) is 4.10. The van der Waals surface area contributed by atoms with E-state index in [2.05, 4.69) is 30.7 Å². The lowest BCUT2D eigenvalue weighted by molar-refractivity contribution is 0.0798. The smallest absolute Gasteiger partial charge is 0.267 e. The SMILES string of the molecule is CCCCCN(C)C(=O)c1sc(N(CC)CC)nc1N. The third-order valence-corrected chi connectivity index (χ3v) is 4.43. The van der Waals surface area contributed by atoms with E-state index < -0.39 is 0 Å². The number of unbranched alkanes of at least 4 members (excludes halogenated alkanes) is 2. The van der Waals surface area contributed by atoms with Gasteiger partial charge < -0.3 is 15.5 Å². The minimum absolute atomic E-state index is 0.0190. The van der Waals surface area contributed by atoms with E-state index in [0.717, 1.165) is 44.0 Å². The van der Waals surface area contributed by atoms with Crippen molar-refractivity contribution in [3.05, 3.63) is 4.88 Å². The lowest BCUT2D eigenvalue weighted by atomic mass is 10.2. The monoisotopic (exact) mass is 298 g/mol. The maximum atomic E-state index is 12.4. The number of anilines is 2. The molecule has 0 spiro atoms. The van der Waals surface area contributed by atoms with Crippen LogP contribution in [-0.2, 0) is 0 Å². The van der Waals surface area contributed by atoms with Gasteiger partial charge in [-0.25, -0.2) is 4.98 Å². The van der Waals surface area contributed by atoms with E-state index in [-0.39, 0.29) is 5.91 Å². The molecule has 0 aromatic carbocycles. The number of hydrogen-bond donors (Lipinski definition) is 1. The molecule has 20 heavy (non-hydrogen) atoms. The topological polar surface area (TPSA) is 62.5 Å². The molecule has 0 aliphatic rings. The summed E-state index contributed by atoms with van der Waals surface area (Å²) in [5.41, 5.74) is 5.91. The molecule has 0 radical (unpaired) electrons. The molecule has 0 atom stereocenters. The number of hydrogen-bond acceptors (Lipinski definition) is 5. The Morgan fingerprint density at radius 3 is 2.45 bits per heavy atom. The maximum Gasteiger partial charge on any atom is 0.267 e. The predicted octanol–water partition coefficient (Wildman–Crippen LogP) is 2.83. The second-order valence-corrected chi connectivity index (χ2v) is 5.79. The highest BCUT2D eigenvalue weighted by Crippen LogP contribution is 2.28. The summed E-state index contributed by atoms with van der Waals surface area (Å²) >= 11 is 1.39. The quantitative estimate of drug-likeness (QED) is 0.750. The number of aromatic nitrogens is 1. The van der Waals surface area contributed by atoms with Crippen LogP contribution in [0.4, 0.5) is 10.9 Å². The molecule has 1 amide bonds. The highest BCUT2D eigenvalue weighted by Gasteiger charge is 2.21. The molecule has 0 fully saturated rings. The average molecular weight is 298 g/mol. The number of amides is 1. The van der Waals surface area contributed by atoms with E-state index in [1.54, 1.807) is 4.90 Å². The van der Waals surface area contributed by atoms with E-state index in [0.29, 0.717) is 10.7 Å². The summed E-state index contributed by atoms with van der Waals surface area (Å²) < 4.78 is 0. The van der Waals surface area contributed by atoms with Crippen molar-refractivity contribution in [2.45, 2.75) is 40.0 Å². The van der Waals surface area contributed by atoms with Crippen LogP contribution >= 0.6 is 11.3 Å². The summed E-state index contributed by atoms with van der Waals surface area (Å²) in [5, 5.41) is 0.831. The molecule has 0 saturated carbocycles. The Labute approximate surface area is 125 Å². The van der Waals surface area contributed by atoms with Gasteiger partial charge in [0.25, 0.3) is 5.91 Å². The van der Waals surface area contributed by atoms with Crippen molar-refractivity contribution >= 4 is 28.2 Å². The van der Waals surface area contributed by atoms with E-state index in [4.69, 9.17) is 5.73 Å². The van der Waals surface area contributed by atoms with Crippen molar-refractivity contribution < 1.29 is 4.79 Å². The first kappa shape index (κ1) is 16.8. The van der Waals surface area contributed by atoms with Crippen LogP contribution in [0.1, 0.15) is 49.7 Å². The van der Waals surface area contributed by atoms with Crippen molar-refractivity contribution in [3.8, 4) is 0 Å². The van der Waals surface area contributed by atoms with Crippen molar-refractivity contribution in [2.24, 2.45) is 0 Å². The van der Waals surface area contributed by atoms with Crippen LogP contribution in [0.2, 0.25) is 0 Å². The first-order valence-corrected chi connectivity index (χ1v) is 8.13. The van der Waals surface area contributed by atoms with Gasteiger partial charge in [-0.2, -0.15) is 0 Å². The first-order valence-electron chi connectivity index (χ1n) is 7.31. The summed E-state index contributed by atoms with van der Waals surface area (Å²) in [7, 11) is 1.83. The summed E-state index contributed by atoms with van der Waals surface area (Å²) in [6, 6.07) is 0. The van der Waals surface area contributed by atoms with Gasteiger partial charge in [0.1, 0.15) is 10.7 Å². The molecule has 114 valence electrons. The largest absolute Gasteiger partial charge is 0.382 e. The fourth-order valence-corrected chi connectivity index (χ4v) is 3.08. The van der Waals surface area contributed by atoms with Gasteiger partial charge in [-0.15, -0.1) is 0 Å². The third-order valence-electron chi connectivity index (χ3n) is 3.31. The van der Waals surface area contributed by atoms with Gasteiger partial charge in [-0.05, 0) is 20.3 Å². The second kappa shape index (κ2) is 8.09. The van der Waals surface area contributed by atoms with Gasteiger partial charge in [0, 0.05) is 26.7 Å². The number of nitrogens with zero attached hydrogens (tertiary/aromatic N) is 3. The van der Waals surface area contributed by atoms with E-state index in [9.17, 15) is 4.79 Å². The fraction of sp³-hybridized carbons (Fsp3) is 0.714. The Morgan fingerprint density at radius 1 is 1.25 bits per heavy atom. The van der Waals surface area contributed by atoms with Crippen molar-refractivity contribution in [2.75, 3.05) is 37.3 Å². The van der Waals surface area contributed by atoms with E-state index in [1.807, 2.05) is 7.05 Å². The number of rotatable bonds is 8. The fourth-order valence-electron chi connectivity index (χ4n) is 1.98. The number of thiazole rings is 1.